The van der Waals surface area contributed by atoms with Crippen molar-refractivity contribution >= 4 is 5.97 Å². The highest BCUT2D eigenvalue weighted by atomic mass is 19.4. The summed E-state index contributed by atoms with van der Waals surface area (Å²) < 4.78 is 63.8. The average molecular weight is 619 g/mol. The third-order valence-electron chi connectivity index (χ3n) is 7.07. The monoisotopic (exact) mass is 618 g/mol. The van der Waals surface area contributed by atoms with Crippen LogP contribution in [0.4, 0.5) is 17.6 Å². The zero-order valence-electron chi connectivity index (χ0n) is 23.9. The van der Waals surface area contributed by atoms with Crippen molar-refractivity contribution in [2.75, 3.05) is 6.61 Å². The van der Waals surface area contributed by atoms with Crippen LogP contribution in [0.2, 0.25) is 0 Å². The van der Waals surface area contributed by atoms with Crippen LogP contribution in [-0.2, 0) is 19.1 Å². The minimum Gasteiger partial charge on any atom is -0.494 e. The molecule has 0 aliphatic carbocycles. The second kappa shape index (κ2) is 13.0. The molecule has 2 aromatic carbocycles. The number of halogens is 4. The number of hydrogen-bond acceptors (Lipinski definition) is 6. The molecule has 5 aromatic rings. The summed E-state index contributed by atoms with van der Waals surface area (Å²) in [6.45, 7) is 3.03. The van der Waals surface area contributed by atoms with Crippen LogP contribution in [0.5, 0.6) is 5.75 Å². The third-order valence-corrected chi connectivity index (χ3v) is 7.07. The van der Waals surface area contributed by atoms with Gasteiger partial charge in [0.2, 0.25) is 0 Å². The Morgan fingerprint density at radius 2 is 1.87 bits per heavy atom. The van der Waals surface area contributed by atoms with Gasteiger partial charge in [-0.25, -0.2) is 18.9 Å². The SMILES string of the molecule is CC(Cc1ccc(OCCCn2cc(C#N)cn2)cc1)c1ccc(F)cc1-c1cccc(-n2ncc(C(=O)O)c2C(F)(F)F)n1. The summed E-state index contributed by atoms with van der Waals surface area (Å²) in [6, 6.07) is 18.1. The molecule has 1 N–H and O–H groups in total. The molecule has 0 radical (unpaired) electrons. The van der Waals surface area contributed by atoms with Crippen LogP contribution in [-0.4, -0.2) is 42.2 Å². The van der Waals surface area contributed by atoms with Crippen molar-refractivity contribution in [1.82, 2.24) is 24.5 Å². The molecule has 0 aliphatic rings. The summed E-state index contributed by atoms with van der Waals surface area (Å²) in [4.78, 5) is 15.7. The molecule has 3 heterocycles. The number of ether oxygens (including phenoxy) is 1. The lowest BCUT2D eigenvalue weighted by Gasteiger charge is -2.18. The normalized spacial score (nSPS) is 12.1. The molecule has 13 heteroatoms. The number of carboxylic acid groups (broad SMARTS) is 1. The first kappa shape index (κ1) is 30.9. The lowest BCUT2D eigenvalue weighted by atomic mass is 9.89. The predicted octanol–water partition coefficient (Wildman–Crippen LogP) is 6.67. The number of aryl methyl sites for hydroxylation is 1. The lowest BCUT2D eigenvalue weighted by molar-refractivity contribution is -0.143. The minimum absolute atomic E-state index is 0.140. The van der Waals surface area contributed by atoms with Crippen LogP contribution in [0, 0.1) is 17.1 Å². The molecule has 0 aliphatic heterocycles. The highest BCUT2D eigenvalue weighted by Gasteiger charge is 2.41. The molecule has 5 rings (SSSR count). The van der Waals surface area contributed by atoms with E-state index in [0.29, 0.717) is 53.7 Å². The fourth-order valence-corrected chi connectivity index (χ4v) is 4.97. The maximum atomic E-state index is 14.5. The summed E-state index contributed by atoms with van der Waals surface area (Å²) in [7, 11) is 0. The summed E-state index contributed by atoms with van der Waals surface area (Å²) in [5.41, 5.74) is 0.340. The largest absolute Gasteiger partial charge is 0.494 e. The van der Waals surface area contributed by atoms with Gasteiger partial charge in [-0.1, -0.05) is 31.2 Å². The average Bonchev–Trinajstić information content (AvgIpc) is 3.68. The van der Waals surface area contributed by atoms with Crippen molar-refractivity contribution in [3.8, 4) is 28.9 Å². The van der Waals surface area contributed by atoms with E-state index in [1.807, 2.05) is 37.3 Å². The number of carboxylic acids is 1. The van der Waals surface area contributed by atoms with Crippen molar-refractivity contribution < 1.29 is 32.2 Å². The van der Waals surface area contributed by atoms with Crippen molar-refractivity contribution in [1.29, 1.82) is 5.26 Å². The van der Waals surface area contributed by atoms with Gasteiger partial charge in [0, 0.05) is 24.7 Å². The highest BCUT2D eigenvalue weighted by molar-refractivity contribution is 5.89. The molecular weight excluding hydrogens is 592 g/mol. The molecule has 0 amide bonds. The summed E-state index contributed by atoms with van der Waals surface area (Å²) in [6.07, 6.45) is 0.0688. The van der Waals surface area contributed by atoms with Crippen LogP contribution in [0.1, 0.15) is 52.0 Å². The zero-order chi connectivity index (χ0) is 32.1. The van der Waals surface area contributed by atoms with Crippen LogP contribution in [0.3, 0.4) is 0 Å². The van der Waals surface area contributed by atoms with E-state index in [4.69, 9.17) is 10.00 Å². The fraction of sp³-hybridized carbons (Fsp3) is 0.219. The van der Waals surface area contributed by atoms with Gasteiger partial charge in [-0.2, -0.15) is 28.6 Å². The number of benzene rings is 2. The highest BCUT2D eigenvalue weighted by Crippen LogP contribution is 2.35. The molecular formula is C32H26F4N6O3. The van der Waals surface area contributed by atoms with E-state index in [1.54, 1.807) is 23.0 Å². The number of aromatic nitrogens is 5. The Hall–Kier alpha value is -5.51. The molecule has 0 saturated carbocycles. The smallest absolute Gasteiger partial charge is 0.434 e. The number of nitriles is 1. The number of pyridine rings is 1. The van der Waals surface area contributed by atoms with Gasteiger partial charge in [-0.15, -0.1) is 0 Å². The van der Waals surface area contributed by atoms with Gasteiger partial charge in [0.25, 0.3) is 0 Å². The fourth-order valence-electron chi connectivity index (χ4n) is 4.97. The molecule has 45 heavy (non-hydrogen) atoms. The molecule has 0 bridgehead atoms. The van der Waals surface area contributed by atoms with Crippen LogP contribution >= 0.6 is 0 Å². The Morgan fingerprint density at radius 1 is 1.09 bits per heavy atom. The quantitative estimate of drug-likeness (QED) is 0.130. The number of carbonyl (C=O) groups is 1. The van der Waals surface area contributed by atoms with Gasteiger partial charge < -0.3 is 9.84 Å². The number of hydrogen-bond donors (Lipinski definition) is 1. The second-order valence-corrected chi connectivity index (χ2v) is 10.3. The summed E-state index contributed by atoms with van der Waals surface area (Å²) in [5.74, 6) is -2.03. The first-order valence-electron chi connectivity index (χ1n) is 13.8. The Bertz CT molecular complexity index is 1860. The van der Waals surface area contributed by atoms with Gasteiger partial charge in [0.05, 0.1) is 30.3 Å². The van der Waals surface area contributed by atoms with E-state index in [9.17, 15) is 27.5 Å². The molecule has 1 atom stereocenters. The predicted molar refractivity (Wildman–Crippen MR) is 154 cm³/mol. The van der Waals surface area contributed by atoms with Crippen molar-refractivity contribution in [2.24, 2.45) is 0 Å². The summed E-state index contributed by atoms with van der Waals surface area (Å²) in [5, 5.41) is 25.9. The van der Waals surface area contributed by atoms with E-state index in [1.165, 1.54) is 30.5 Å². The standard InChI is InChI=1S/C32H26F4N6O3/c1-20(14-21-6-9-24(10-7-21)45-13-3-12-41-19-22(16-37)17-38-41)25-11-8-23(33)15-26(25)28-4-2-5-29(40-28)42-30(32(34,35)36)27(18-39-42)31(43)44/h2,4-11,15,17-20H,3,12-14H2,1H3,(H,43,44). The van der Waals surface area contributed by atoms with E-state index in [-0.39, 0.29) is 17.4 Å². The van der Waals surface area contributed by atoms with Crippen LogP contribution in [0.25, 0.3) is 17.1 Å². The number of aromatic carboxylic acids is 1. The van der Waals surface area contributed by atoms with Crippen LogP contribution < -0.4 is 4.74 Å². The molecule has 1 unspecified atom stereocenters. The zero-order valence-corrected chi connectivity index (χ0v) is 23.9. The number of rotatable bonds is 11. The summed E-state index contributed by atoms with van der Waals surface area (Å²) >= 11 is 0. The first-order chi connectivity index (χ1) is 21.5. The molecule has 9 nitrogen and oxygen atoms in total. The van der Waals surface area contributed by atoms with Gasteiger partial charge in [0.1, 0.15) is 23.2 Å². The molecule has 230 valence electrons. The Balaban J connectivity index is 1.31. The first-order valence-corrected chi connectivity index (χ1v) is 13.8. The van der Waals surface area contributed by atoms with Crippen LogP contribution in [0.15, 0.2) is 79.3 Å². The molecule has 0 fully saturated rings. The molecule has 0 spiro atoms. The maximum absolute atomic E-state index is 14.5. The third kappa shape index (κ3) is 7.18. The van der Waals surface area contributed by atoms with Crippen molar-refractivity contribution in [2.45, 2.75) is 38.4 Å². The Morgan fingerprint density at radius 3 is 2.56 bits per heavy atom. The number of nitrogens with zero attached hydrogens (tertiary/aromatic N) is 6. The van der Waals surface area contributed by atoms with Gasteiger partial charge in [-0.05, 0) is 59.9 Å². The van der Waals surface area contributed by atoms with Crippen molar-refractivity contribution in [3.05, 3.63) is 113 Å². The number of alkyl halides is 3. The Kier molecular flexibility index (Phi) is 8.94. The van der Waals surface area contributed by atoms with Crippen molar-refractivity contribution in [3.63, 3.8) is 0 Å². The minimum atomic E-state index is -5.01. The van der Waals surface area contributed by atoms with E-state index < -0.39 is 29.2 Å². The van der Waals surface area contributed by atoms with Gasteiger partial charge in [0.15, 0.2) is 11.5 Å². The van der Waals surface area contributed by atoms with E-state index >= 15 is 0 Å². The van der Waals surface area contributed by atoms with E-state index in [2.05, 4.69) is 15.2 Å². The molecule has 3 aromatic heterocycles. The molecule has 0 saturated heterocycles. The lowest BCUT2D eigenvalue weighted by Crippen LogP contribution is -2.18. The maximum Gasteiger partial charge on any atom is 0.434 e. The van der Waals surface area contributed by atoms with Gasteiger partial charge >= 0.3 is 12.1 Å². The van der Waals surface area contributed by atoms with Gasteiger partial charge in [-0.3, -0.25) is 4.68 Å². The van der Waals surface area contributed by atoms with E-state index in [0.717, 1.165) is 11.1 Å². The Labute approximate surface area is 255 Å². The topological polar surface area (TPSA) is 119 Å². The second-order valence-electron chi connectivity index (χ2n) is 10.3.